The predicted octanol–water partition coefficient (Wildman–Crippen LogP) is 1.98. The number of aromatic hydroxyl groups is 1. The van der Waals surface area contributed by atoms with Gasteiger partial charge >= 0.3 is 0 Å². The van der Waals surface area contributed by atoms with Crippen LogP contribution in [0.15, 0.2) is 36.7 Å². The quantitative estimate of drug-likeness (QED) is 0.751. The maximum Gasteiger partial charge on any atom is 0.259 e. The highest BCUT2D eigenvalue weighted by molar-refractivity contribution is 7.80. The molecular formula is C14H13N3O2S. The second-order valence-corrected chi connectivity index (χ2v) is 4.68. The maximum absolute atomic E-state index is 12.1. The lowest BCUT2D eigenvalue weighted by Crippen LogP contribution is -2.15. The Hall–Kier alpha value is -2.47. The Balaban J connectivity index is 2.30. The van der Waals surface area contributed by atoms with E-state index in [1.807, 2.05) is 13.0 Å². The van der Waals surface area contributed by atoms with E-state index in [1.54, 1.807) is 12.1 Å². The topological polar surface area (TPSA) is 88.2 Å². The van der Waals surface area contributed by atoms with E-state index in [9.17, 15) is 9.90 Å². The molecule has 0 bridgehead atoms. The van der Waals surface area contributed by atoms with Gasteiger partial charge in [-0.1, -0.05) is 24.4 Å². The first kappa shape index (κ1) is 14.0. The van der Waals surface area contributed by atoms with Gasteiger partial charge in [0.1, 0.15) is 10.7 Å². The van der Waals surface area contributed by atoms with E-state index in [-0.39, 0.29) is 16.3 Å². The van der Waals surface area contributed by atoms with E-state index in [1.165, 1.54) is 18.5 Å². The normalized spacial score (nSPS) is 10.1. The smallest absolute Gasteiger partial charge is 0.259 e. The van der Waals surface area contributed by atoms with Crippen molar-refractivity contribution in [1.82, 2.24) is 4.98 Å². The summed E-state index contributed by atoms with van der Waals surface area (Å²) in [6.07, 6.45) is 2.65. The number of rotatable bonds is 3. The second-order valence-electron chi connectivity index (χ2n) is 4.24. The number of hydrogen-bond acceptors (Lipinski definition) is 4. The molecule has 4 N–H and O–H groups in total. The van der Waals surface area contributed by atoms with Gasteiger partial charge in [0.05, 0.1) is 11.8 Å². The van der Waals surface area contributed by atoms with E-state index in [0.717, 1.165) is 5.56 Å². The summed E-state index contributed by atoms with van der Waals surface area (Å²) in [7, 11) is 0. The fourth-order valence-electron chi connectivity index (χ4n) is 1.68. The molecular weight excluding hydrogens is 274 g/mol. The van der Waals surface area contributed by atoms with E-state index in [0.29, 0.717) is 11.3 Å². The number of nitrogens with one attached hydrogen (secondary N) is 1. The number of pyridine rings is 1. The van der Waals surface area contributed by atoms with Gasteiger partial charge < -0.3 is 16.2 Å². The molecule has 0 saturated heterocycles. The fraction of sp³-hybridized carbons (Fsp3) is 0.0714. The van der Waals surface area contributed by atoms with Crippen molar-refractivity contribution < 1.29 is 9.90 Å². The van der Waals surface area contributed by atoms with E-state index in [4.69, 9.17) is 18.0 Å². The summed E-state index contributed by atoms with van der Waals surface area (Å²) < 4.78 is 0. The van der Waals surface area contributed by atoms with Crippen LogP contribution in [0.4, 0.5) is 5.69 Å². The van der Waals surface area contributed by atoms with Gasteiger partial charge in [0.25, 0.3) is 5.91 Å². The number of thiocarbonyl (C=S) groups is 1. The number of aromatic nitrogens is 1. The van der Waals surface area contributed by atoms with Gasteiger partial charge in [0.15, 0.2) is 0 Å². The third-order valence-electron chi connectivity index (χ3n) is 2.81. The van der Waals surface area contributed by atoms with Crippen LogP contribution in [0.25, 0.3) is 0 Å². The molecule has 0 atom stereocenters. The van der Waals surface area contributed by atoms with E-state index >= 15 is 0 Å². The molecule has 1 aromatic carbocycles. The SMILES string of the molecule is Cc1ccc(C(N)=S)cc1NC(=O)c1ccncc1O. The highest BCUT2D eigenvalue weighted by Crippen LogP contribution is 2.20. The zero-order chi connectivity index (χ0) is 14.7. The summed E-state index contributed by atoms with van der Waals surface area (Å²) in [4.78, 5) is 16.1. The summed E-state index contributed by atoms with van der Waals surface area (Å²) in [6.45, 7) is 1.85. The Kier molecular flexibility index (Phi) is 3.95. The second kappa shape index (κ2) is 5.66. The molecule has 6 heteroatoms. The fourth-order valence-corrected chi connectivity index (χ4v) is 1.80. The molecule has 0 fully saturated rings. The number of hydrogen-bond donors (Lipinski definition) is 3. The van der Waals surface area contributed by atoms with Crippen LogP contribution >= 0.6 is 12.2 Å². The third-order valence-corrected chi connectivity index (χ3v) is 3.05. The lowest BCUT2D eigenvalue weighted by molar-refractivity contribution is 0.102. The van der Waals surface area contributed by atoms with Gasteiger partial charge in [0.2, 0.25) is 0 Å². The standard InChI is InChI=1S/C14H13N3O2S/c1-8-2-3-9(13(15)20)6-11(8)17-14(19)10-4-5-16-7-12(10)18/h2-7,18H,1H3,(H2,15,20)(H,17,19). The molecule has 0 saturated carbocycles. The molecule has 2 aromatic rings. The Morgan fingerprint density at radius 3 is 2.80 bits per heavy atom. The van der Waals surface area contributed by atoms with Crippen LogP contribution in [-0.2, 0) is 0 Å². The molecule has 0 aliphatic heterocycles. The number of amides is 1. The van der Waals surface area contributed by atoms with Gasteiger partial charge in [0, 0.05) is 17.4 Å². The largest absolute Gasteiger partial charge is 0.505 e. The molecule has 1 heterocycles. The van der Waals surface area contributed by atoms with Crippen LogP contribution in [0, 0.1) is 6.92 Å². The van der Waals surface area contributed by atoms with Crippen molar-refractivity contribution in [2.45, 2.75) is 6.92 Å². The highest BCUT2D eigenvalue weighted by atomic mass is 32.1. The number of anilines is 1. The van der Waals surface area contributed by atoms with Crippen LogP contribution in [0.5, 0.6) is 5.75 Å². The molecule has 1 amide bonds. The van der Waals surface area contributed by atoms with E-state index in [2.05, 4.69) is 10.3 Å². The summed E-state index contributed by atoms with van der Waals surface area (Å²) in [5.41, 5.74) is 7.85. The summed E-state index contributed by atoms with van der Waals surface area (Å²) >= 11 is 4.91. The molecule has 0 radical (unpaired) electrons. The van der Waals surface area contributed by atoms with Crippen molar-refractivity contribution in [3.05, 3.63) is 53.3 Å². The van der Waals surface area contributed by atoms with Crippen molar-refractivity contribution in [1.29, 1.82) is 0 Å². The van der Waals surface area contributed by atoms with Crippen LogP contribution in [0.3, 0.4) is 0 Å². The summed E-state index contributed by atoms with van der Waals surface area (Å²) in [5, 5.41) is 12.3. The molecule has 2 rings (SSSR count). The van der Waals surface area contributed by atoms with Gasteiger partial charge in [-0.2, -0.15) is 0 Å². The van der Waals surface area contributed by atoms with Crippen LogP contribution in [-0.4, -0.2) is 21.0 Å². The molecule has 0 unspecified atom stereocenters. The van der Waals surface area contributed by atoms with E-state index < -0.39 is 5.91 Å². The van der Waals surface area contributed by atoms with Crippen LogP contribution in [0.2, 0.25) is 0 Å². The van der Waals surface area contributed by atoms with Gasteiger partial charge in [-0.05, 0) is 24.6 Å². The molecule has 20 heavy (non-hydrogen) atoms. The monoisotopic (exact) mass is 287 g/mol. The molecule has 102 valence electrons. The minimum Gasteiger partial charge on any atom is -0.505 e. The van der Waals surface area contributed by atoms with Crippen molar-refractivity contribution in [2.75, 3.05) is 5.32 Å². The Morgan fingerprint density at radius 2 is 2.15 bits per heavy atom. The minimum atomic E-state index is -0.423. The average Bonchev–Trinajstić information content (AvgIpc) is 2.41. The molecule has 0 spiro atoms. The Labute approximate surface area is 121 Å². The van der Waals surface area contributed by atoms with Crippen molar-refractivity contribution in [2.24, 2.45) is 5.73 Å². The predicted molar refractivity (Wildman–Crippen MR) is 80.9 cm³/mol. The molecule has 0 aliphatic rings. The number of nitrogens with zero attached hydrogens (tertiary/aromatic N) is 1. The van der Waals surface area contributed by atoms with Crippen molar-refractivity contribution in [3.8, 4) is 5.75 Å². The maximum atomic E-state index is 12.1. The van der Waals surface area contributed by atoms with Gasteiger partial charge in [-0.25, -0.2) is 0 Å². The van der Waals surface area contributed by atoms with Gasteiger partial charge in [-0.3, -0.25) is 9.78 Å². The first-order chi connectivity index (χ1) is 9.49. The first-order valence-electron chi connectivity index (χ1n) is 5.84. The third kappa shape index (κ3) is 2.92. The number of carbonyl (C=O) groups excluding carboxylic acids is 1. The minimum absolute atomic E-state index is 0.153. The van der Waals surface area contributed by atoms with Gasteiger partial charge in [-0.15, -0.1) is 0 Å². The zero-order valence-corrected chi connectivity index (χ0v) is 11.6. The zero-order valence-electron chi connectivity index (χ0n) is 10.8. The van der Waals surface area contributed by atoms with Crippen LogP contribution in [0.1, 0.15) is 21.5 Å². The van der Waals surface area contributed by atoms with Crippen LogP contribution < -0.4 is 11.1 Å². The lowest BCUT2D eigenvalue weighted by Gasteiger charge is -2.10. The summed E-state index contributed by atoms with van der Waals surface area (Å²) in [6, 6.07) is 6.75. The number of nitrogens with two attached hydrogens (primary N) is 1. The first-order valence-corrected chi connectivity index (χ1v) is 6.24. The molecule has 5 nitrogen and oxygen atoms in total. The number of benzene rings is 1. The Morgan fingerprint density at radius 1 is 1.40 bits per heavy atom. The number of carbonyl (C=O) groups is 1. The van der Waals surface area contributed by atoms with Crippen molar-refractivity contribution in [3.63, 3.8) is 0 Å². The molecule has 0 aliphatic carbocycles. The number of aryl methyl sites for hydroxylation is 1. The lowest BCUT2D eigenvalue weighted by atomic mass is 10.1. The average molecular weight is 287 g/mol. The highest BCUT2D eigenvalue weighted by Gasteiger charge is 2.12. The summed E-state index contributed by atoms with van der Waals surface area (Å²) in [5.74, 6) is -0.596. The Bertz CT molecular complexity index is 686. The van der Waals surface area contributed by atoms with Crippen molar-refractivity contribution >= 4 is 28.8 Å². The molecule has 1 aromatic heterocycles.